The van der Waals surface area contributed by atoms with Crippen LogP contribution in [-0.4, -0.2) is 114 Å². The third-order valence-corrected chi connectivity index (χ3v) is 11.6. The van der Waals surface area contributed by atoms with Crippen molar-refractivity contribution in [2.24, 2.45) is 4.99 Å². The number of benzene rings is 3. The first-order valence-corrected chi connectivity index (χ1v) is 21.3. The Morgan fingerprint density at radius 2 is 1.75 bits per heavy atom. The average Bonchev–Trinajstić information content (AvgIpc) is 3.98. The van der Waals surface area contributed by atoms with Crippen LogP contribution in [0, 0.1) is 42.9 Å². The molecule has 15 nitrogen and oxygen atoms in total. The second-order valence-electron chi connectivity index (χ2n) is 14.9. The van der Waals surface area contributed by atoms with Crippen LogP contribution in [-0.2, 0) is 29.3 Å². The third kappa shape index (κ3) is 10.5. The summed E-state index contributed by atoms with van der Waals surface area (Å²) in [6, 6.07) is 17.5. The summed E-state index contributed by atoms with van der Waals surface area (Å²) in [7, 11) is 1.60. The van der Waals surface area contributed by atoms with Crippen molar-refractivity contribution in [2.45, 2.75) is 50.9 Å². The number of amidine groups is 1. The molecule has 64 heavy (non-hydrogen) atoms. The van der Waals surface area contributed by atoms with E-state index in [4.69, 9.17) is 35.1 Å². The predicted molar refractivity (Wildman–Crippen MR) is 243 cm³/mol. The second-order valence-corrected chi connectivity index (χ2v) is 15.8. The molecule has 0 spiro atoms. The summed E-state index contributed by atoms with van der Waals surface area (Å²) in [5.41, 5.74) is 5.43. The minimum Gasteiger partial charge on any atom is -0.487 e. The van der Waals surface area contributed by atoms with Gasteiger partial charge in [-0.3, -0.25) is 9.59 Å². The highest BCUT2D eigenvalue weighted by Gasteiger charge is 2.49. The first kappa shape index (κ1) is 45.2. The molecule has 2 aliphatic heterocycles. The monoisotopic (exact) mass is 881 g/mol. The Balaban J connectivity index is 0.883. The van der Waals surface area contributed by atoms with Gasteiger partial charge in [0, 0.05) is 43.2 Å². The average molecular weight is 882 g/mol. The topological polar surface area (TPSA) is 179 Å². The number of hydrogen-bond donors (Lipinski definition) is 3. The molecular formula is C48H47N7O8S. The number of hydrogen-bond acceptors (Lipinski definition) is 14. The van der Waals surface area contributed by atoms with E-state index in [2.05, 4.69) is 55.2 Å². The van der Waals surface area contributed by atoms with Gasteiger partial charge in [-0.1, -0.05) is 48.1 Å². The minimum atomic E-state index is -1.20. The lowest BCUT2D eigenvalue weighted by atomic mass is 9.91. The summed E-state index contributed by atoms with van der Waals surface area (Å²) in [5, 5.41) is 18.0. The van der Waals surface area contributed by atoms with Crippen molar-refractivity contribution in [1.29, 1.82) is 0 Å². The fraction of sp³-hybridized carbons (Fsp3) is 0.333. The standard InChI is InChI=1S/C48H47N7O8S/c1-6-33-12-11-13-36(24-33)52-45-37-25-42(43(62-22-20-59-5)26-38(37)49-29-50-45)63-23-21-60-18-9-7-8-10-19-61-28-40-41(57)27-39(55(40)32(3)56)46-53-47(58)48(4,54-46)35-16-14-34(15-17-35)44-31(2)51-30-64-44/h1,11-17,24-26,29-30,39-41,57H,18-23,27-28H2,2-5H3,(H,49,50,52)(H,53,54,58). The molecule has 3 aromatic carbocycles. The number of aliphatic hydroxyl groups excluding tert-OH is 1. The number of carbonyl (C=O) groups excluding carboxylic acids is 2. The maximum atomic E-state index is 13.4. The first-order valence-electron chi connectivity index (χ1n) is 20.5. The molecule has 2 aromatic heterocycles. The van der Waals surface area contributed by atoms with Gasteiger partial charge in [-0.2, -0.15) is 0 Å². The van der Waals surface area contributed by atoms with Gasteiger partial charge in [0.25, 0.3) is 5.91 Å². The highest BCUT2D eigenvalue weighted by Crippen LogP contribution is 2.37. The number of nitrogens with one attached hydrogen (secondary N) is 2. The molecule has 2 amide bonds. The van der Waals surface area contributed by atoms with Crippen LogP contribution in [0.25, 0.3) is 21.3 Å². The number of rotatable bonds is 17. The molecule has 328 valence electrons. The van der Waals surface area contributed by atoms with E-state index >= 15 is 0 Å². The molecule has 1 fully saturated rings. The van der Waals surface area contributed by atoms with Gasteiger partial charge in [0.05, 0.1) is 59.6 Å². The van der Waals surface area contributed by atoms with E-state index in [1.807, 2.05) is 61.5 Å². The summed E-state index contributed by atoms with van der Waals surface area (Å²) in [6.07, 6.45) is 6.34. The molecule has 0 radical (unpaired) electrons. The van der Waals surface area contributed by atoms with E-state index in [0.717, 1.165) is 32.8 Å². The number of aryl methyl sites for hydroxylation is 1. The molecule has 2 aliphatic rings. The van der Waals surface area contributed by atoms with Gasteiger partial charge >= 0.3 is 0 Å². The van der Waals surface area contributed by atoms with E-state index in [1.54, 1.807) is 36.9 Å². The van der Waals surface area contributed by atoms with E-state index in [9.17, 15) is 14.7 Å². The number of methoxy groups -OCH3 is 1. The van der Waals surface area contributed by atoms with Gasteiger partial charge in [0.1, 0.15) is 44.4 Å². The summed E-state index contributed by atoms with van der Waals surface area (Å²) in [4.78, 5) is 46.9. The molecule has 4 heterocycles. The van der Waals surface area contributed by atoms with E-state index in [-0.39, 0.29) is 51.3 Å². The van der Waals surface area contributed by atoms with Gasteiger partial charge in [-0.25, -0.2) is 19.9 Å². The number of aliphatic hydroxyl groups is 1. The van der Waals surface area contributed by atoms with Crippen LogP contribution in [0.2, 0.25) is 0 Å². The third-order valence-electron chi connectivity index (χ3n) is 10.7. The van der Waals surface area contributed by atoms with Crippen LogP contribution in [0.1, 0.15) is 37.1 Å². The molecule has 0 bridgehead atoms. The number of aliphatic imine (C=N–C) groups is 1. The lowest BCUT2D eigenvalue weighted by molar-refractivity contribution is -0.133. The Labute approximate surface area is 375 Å². The number of nitrogens with zero attached hydrogens (tertiary/aromatic N) is 5. The summed E-state index contributed by atoms with van der Waals surface area (Å²) in [6.45, 7) is 6.45. The molecule has 4 atom stereocenters. The Morgan fingerprint density at radius 1 is 1.00 bits per heavy atom. The molecule has 0 saturated carbocycles. The van der Waals surface area contributed by atoms with Crippen LogP contribution in [0.15, 0.2) is 77.5 Å². The summed E-state index contributed by atoms with van der Waals surface area (Å²) >= 11 is 1.56. The number of anilines is 2. The molecule has 1 saturated heterocycles. The maximum Gasteiger partial charge on any atom is 0.257 e. The maximum absolute atomic E-state index is 13.4. The van der Waals surface area contributed by atoms with Gasteiger partial charge in [0.15, 0.2) is 17.0 Å². The van der Waals surface area contributed by atoms with Crippen LogP contribution >= 0.6 is 11.3 Å². The largest absolute Gasteiger partial charge is 0.487 e. The quantitative estimate of drug-likeness (QED) is 0.0841. The number of fused-ring (bicyclic) bond motifs is 1. The first-order chi connectivity index (χ1) is 31.1. The van der Waals surface area contributed by atoms with Crippen LogP contribution in [0.3, 0.4) is 0 Å². The van der Waals surface area contributed by atoms with Crippen molar-refractivity contribution >= 4 is 51.4 Å². The molecule has 5 aromatic rings. The molecular weight excluding hydrogens is 835 g/mol. The van der Waals surface area contributed by atoms with Crippen molar-refractivity contribution in [2.75, 3.05) is 58.7 Å². The van der Waals surface area contributed by atoms with Crippen LogP contribution < -0.4 is 20.1 Å². The number of ether oxygens (including phenoxy) is 5. The zero-order valence-electron chi connectivity index (χ0n) is 35.8. The number of amides is 2. The molecule has 16 heteroatoms. The Hall–Kier alpha value is -6.84. The fourth-order valence-corrected chi connectivity index (χ4v) is 8.22. The zero-order chi connectivity index (χ0) is 45.1. The number of thiazole rings is 1. The lowest BCUT2D eigenvalue weighted by Crippen LogP contribution is -2.50. The number of carbonyl (C=O) groups is 2. The minimum absolute atomic E-state index is 0.0237. The van der Waals surface area contributed by atoms with Crippen molar-refractivity contribution in [3.63, 3.8) is 0 Å². The van der Waals surface area contributed by atoms with Crippen LogP contribution in [0.4, 0.5) is 11.5 Å². The van der Waals surface area contributed by atoms with Crippen LogP contribution in [0.5, 0.6) is 11.5 Å². The van der Waals surface area contributed by atoms with Gasteiger partial charge in [0.2, 0.25) is 5.91 Å². The van der Waals surface area contributed by atoms with Crippen molar-refractivity contribution in [3.8, 4) is 58.0 Å². The predicted octanol–water partition coefficient (Wildman–Crippen LogP) is 5.02. The number of likely N-dealkylation sites (tertiary alicyclic amines) is 1. The van der Waals surface area contributed by atoms with Gasteiger partial charge < -0.3 is 44.3 Å². The lowest BCUT2D eigenvalue weighted by Gasteiger charge is -2.29. The summed E-state index contributed by atoms with van der Waals surface area (Å²) in [5.74, 6) is 15.1. The molecule has 3 N–H and O–H groups in total. The van der Waals surface area contributed by atoms with Gasteiger partial charge in [-0.05, 0) is 61.1 Å². The van der Waals surface area contributed by atoms with E-state index in [0.29, 0.717) is 47.4 Å². The molecule has 0 aliphatic carbocycles. The highest BCUT2D eigenvalue weighted by molar-refractivity contribution is 7.13. The van der Waals surface area contributed by atoms with Crippen molar-refractivity contribution < 1.29 is 38.4 Å². The summed E-state index contributed by atoms with van der Waals surface area (Å²) < 4.78 is 28.6. The zero-order valence-corrected chi connectivity index (χ0v) is 36.7. The van der Waals surface area contributed by atoms with E-state index < -0.39 is 23.7 Å². The molecule has 4 unspecified atom stereocenters. The van der Waals surface area contributed by atoms with Crippen molar-refractivity contribution in [1.82, 2.24) is 25.2 Å². The SMILES string of the molecule is C#Cc1cccc(Nc2ncnc3cc(OCCOC)c(OCCOCC#CC#CCOCC4C(O)CC(C5=NC(C)(c6ccc(-c7scnc7C)cc6)C(=O)N5)N4C(C)=O)cc23)c1. The fourth-order valence-electron chi connectivity index (χ4n) is 7.41. The second kappa shape index (κ2) is 21.0. The Bertz CT molecular complexity index is 2690. The van der Waals surface area contributed by atoms with Crippen molar-refractivity contribution in [3.05, 3.63) is 89.3 Å². The molecule has 7 rings (SSSR count). The Morgan fingerprint density at radius 3 is 2.47 bits per heavy atom. The number of terminal acetylenes is 1. The normalized spacial score (nSPS) is 18.9. The number of aromatic nitrogens is 3. The smallest absolute Gasteiger partial charge is 0.257 e. The van der Waals surface area contributed by atoms with E-state index in [1.165, 1.54) is 18.2 Å². The highest BCUT2D eigenvalue weighted by atomic mass is 32.1. The Kier molecular flexibility index (Phi) is 14.8. The van der Waals surface area contributed by atoms with Gasteiger partial charge in [-0.15, -0.1) is 17.8 Å².